The summed E-state index contributed by atoms with van der Waals surface area (Å²) >= 11 is 4.25. The number of hydrogen-bond donors (Lipinski definition) is 1. The third-order valence-corrected chi connectivity index (χ3v) is 4.47. The smallest absolute Gasteiger partial charge is 0.355 e. The summed E-state index contributed by atoms with van der Waals surface area (Å²) in [7, 11) is 0. The highest BCUT2D eigenvalue weighted by Crippen LogP contribution is 2.32. The molecular weight excluding hydrogens is 252 g/mol. The van der Waals surface area contributed by atoms with Crippen molar-refractivity contribution in [2.24, 2.45) is 0 Å². The van der Waals surface area contributed by atoms with Crippen LogP contribution in [0.15, 0.2) is 19.4 Å². The largest absolute Gasteiger partial charge is 0.476 e. The molecule has 1 N–H and O–H groups in total. The first kappa shape index (κ1) is 10.6. The molecule has 0 aliphatic rings. The Morgan fingerprint density at radius 2 is 2.00 bits per heavy atom. The normalized spacial score (nSPS) is 10.5. The standard InChI is InChI=1S/C8H6N2O2S3/c1-4-2-13-7(9-4)15-8-10-5(3-14-8)6(11)12/h2-3H,1H3,(H,11,12). The molecule has 0 saturated carbocycles. The molecule has 78 valence electrons. The van der Waals surface area contributed by atoms with Crippen LogP contribution in [-0.4, -0.2) is 21.0 Å². The lowest BCUT2D eigenvalue weighted by Crippen LogP contribution is -1.95. The van der Waals surface area contributed by atoms with E-state index in [9.17, 15) is 4.79 Å². The van der Waals surface area contributed by atoms with Gasteiger partial charge in [0.1, 0.15) is 0 Å². The number of aryl methyl sites for hydroxylation is 1. The van der Waals surface area contributed by atoms with Crippen molar-refractivity contribution in [3.05, 3.63) is 22.1 Å². The Morgan fingerprint density at radius 1 is 1.33 bits per heavy atom. The molecule has 7 heteroatoms. The second-order valence-corrected chi connectivity index (χ2v) is 5.87. The van der Waals surface area contributed by atoms with Crippen LogP contribution in [0.4, 0.5) is 0 Å². The van der Waals surface area contributed by atoms with Crippen LogP contribution in [0.2, 0.25) is 0 Å². The summed E-state index contributed by atoms with van der Waals surface area (Å²) in [6.07, 6.45) is 0. The number of carbonyl (C=O) groups is 1. The van der Waals surface area contributed by atoms with E-state index in [2.05, 4.69) is 9.97 Å². The van der Waals surface area contributed by atoms with Crippen molar-refractivity contribution in [3.8, 4) is 0 Å². The molecule has 0 aliphatic heterocycles. The van der Waals surface area contributed by atoms with Gasteiger partial charge in [0.25, 0.3) is 0 Å². The quantitative estimate of drug-likeness (QED) is 0.917. The van der Waals surface area contributed by atoms with Crippen molar-refractivity contribution in [2.45, 2.75) is 15.6 Å². The molecule has 4 nitrogen and oxygen atoms in total. The molecule has 0 saturated heterocycles. The van der Waals surface area contributed by atoms with Crippen LogP contribution in [0.3, 0.4) is 0 Å². The van der Waals surface area contributed by atoms with Gasteiger partial charge in [-0.15, -0.1) is 22.7 Å². The van der Waals surface area contributed by atoms with Gasteiger partial charge in [-0.25, -0.2) is 14.8 Å². The maximum Gasteiger partial charge on any atom is 0.355 e. The van der Waals surface area contributed by atoms with Crippen LogP contribution in [0.5, 0.6) is 0 Å². The van der Waals surface area contributed by atoms with E-state index in [1.165, 1.54) is 39.8 Å². The number of carboxylic acids is 1. The lowest BCUT2D eigenvalue weighted by atomic mass is 10.5. The fourth-order valence-electron chi connectivity index (χ4n) is 0.856. The predicted octanol–water partition coefficient (Wildman–Crippen LogP) is 2.76. The van der Waals surface area contributed by atoms with Crippen LogP contribution < -0.4 is 0 Å². The summed E-state index contributed by atoms with van der Waals surface area (Å²) in [6, 6.07) is 0. The van der Waals surface area contributed by atoms with Gasteiger partial charge in [0.15, 0.2) is 14.4 Å². The van der Waals surface area contributed by atoms with E-state index in [1.807, 2.05) is 12.3 Å². The zero-order chi connectivity index (χ0) is 10.8. The number of nitrogens with zero attached hydrogens (tertiary/aromatic N) is 2. The van der Waals surface area contributed by atoms with E-state index < -0.39 is 5.97 Å². The van der Waals surface area contributed by atoms with E-state index in [-0.39, 0.29) is 5.69 Å². The molecule has 0 bridgehead atoms. The van der Waals surface area contributed by atoms with Crippen molar-refractivity contribution < 1.29 is 9.90 Å². The van der Waals surface area contributed by atoms with E-state index in [4.69, 9.17) is 5.11 Å². The molecular formula is C8H6N2O2S3. The minimum absolute atomic E-state index is 0.0933. The molecule has 2 rings (SSSR count). The molecule has 0 fully saturated rings. The van der Waals surface area contributed by atoms with Gasteiger partial charge in [-0.05, 0) is 18.7 Å². The molecule has 2 heterocycles. The summed E-state index contributed by atoms with van der Waals surface area (Å²) < 4.78 is 1.60. The number of thiazole rings is 2. The molecule has 15 heavy (non-hydrogen) atoms. The Bertz CT molecular complexity index is 492. The Hall–Kier alpha value is -0.920. The van der Waals surface area contributed by atoms with Crippen LogP contribution >= 0.6 is 34.4 Å². The van der Waals surface area contributed by atoms with Crippen molar-refractivity contribution in [1.29, 1.82) is 0 Å². The summed E-state index contributed by atoms with van der Waals surface area (Å²) in [5, 5.41) is 12.2. The third-order valence-electron chi connectivity index (χ3n) is 1.47. The predicted molar refractivity (Wildman–Crippen MR) is 60.0 cm³/mol. The first-order chi connectivity index (χ1) is 7.15. The second kappa shape index (κ2) is 4.30. The van der Waals surface area contributed by atoms with Gasteiger partial charge in [0, 0.05) is 16.5 Å². The molecule has 0 aliphatic carbocycles. The van der Waals surface area contributed by atoms with E-state index in [0.717, 1.165) is 10.0 Å². The van der Waals surface area contributed by atoms with Gasteiger partial charge in [-0.2, -0.15) is 0 Å². The van der Waals surface area contributed by atoms with Gasteiger partial charge >= 0.3 is 5.97 Å². The van der Waals surface area contributed by atoms with Crippen molar-refractivity contribution >= 4 is 40.4 Å². The van der Waals surface area contributed by atoms with Crippen LogP contribution in [-0.2, 0) is 0 Å². The van der Waals surface area contributed by atoms with Gasteiger partial charge in [0.2, 0.25) is 0 Å². The molecule has 2 aromatic heterocycles. The SMILES string of the molecule is Cc1csc(Sc2nc(C(=O)O)cs2)n1. The van der Waals surface area contributed by atoms with Crippen LogP contribution in [0.1, 0.15) is 16.2 Å². The maximum atomic E-state index is 10.6. The highest BCUT2D eigenvalue weighted by molar-refractivity contribution is 8.02. The average Bonchev–Trinajstić information content (AvgIpc) is 2.76. The Kier molecular flexibility index (Phi) is 3.03. The number of aromatic carboxylic acids is 1. The van der Waals surface area contributed by atoms with Gasteiger partial charge in [-0.3, -0.25) is 0 Å². The Morgan fingerprint density at radius 3 is 2.53 bits per heavy atom. The molecule has 0 aromatic carbocycles. The molecule has 0 atom stereocenters. The van der Waals surface area contributed by atoms with Crippen LogP contribution in [0, 0.1) is 6.92 Å². The molecule has 0 unspecified atom stereocenters. The number of hydrogen-bond acceptors (Lipinski definition) is 6. The number of carboxylic acid groups (broad SMARTS) is 1. The lowest BCUT2D eigenvalue weighted by molar-refractivity contribution is 0.0691. The first-order valence-electron chi connectivity index (χ1n) is 3.94. The first-order valence-corrected chi connectivity index (χ1v) is 6.51. The third kappa shape index (κ3) is 2.55. The molecule has 2 aromatic rings. The average molecular weight is 258 g/mol. The van der Waals surface area contributed by atoms with Gasteiger partial charge in [0.05, 0.1) is 0 Å². The van der Waals surface area contributed by atoms with E-state index in [1.54, 1.807) is 0 Å². The summed E-state index contributed by atoms with van der Waals surface area (Å²) in [4.78, 5) is 18.8. The molecule has 0 amide bonds. The monoisotopic (exact) mass is 258 g/mol. The lowest BCUT2D eigenvalue weighted by Gasteiger charge is -1.88. The maximum absolute atomic E-state index is 10.6. The summed E-state index contributed by atoms with van der Waals surface area (Å²) in [5.41, 5.74) is 1.06. The Labute approximate surface area is 98.0 Å². The second-order valence-electron chi connectivity index (χ2n) is 2.66. The van der Waals surface area contributed by atoms with Crippen molar-refractivity contribution in [3.63, 3.8) is 0 Å². The topological polar surface area (TPSA) is 63.1 Å². The highest BCUT2D eigenvalue weighted by atomic mass is 32.2. The van der Waals surface area contributed by atoms with Crippen molar-refractivity contribution in [2.75, 3.05) is 0 Å². The van der Waals surface area contributed by atoms with E-state index in [0.29, 0.717) is 4.34 Å². The fourth-order valence-corrected chi connectivity index (χ4v) is 3.68. The zero-order valence-electron chi connectivity index (χ0n) is 7.63. The Balaban J connectivity index is 2.14. The van der Waals surface area contributed by atoms with E-state index >= 15 is 0 Å². The fraction of sp³-hybridized carbons (Fsp3) is 0.125. The summed E-state index contributed by atoms with van der Waals surface area (Å²) in [5.74, 6) is -0.992. The molecule has 0 spiro atoms. The van der Waals surface area contributed by atoms with Gasteiger partial charge < -0.3 is 5.11 Å². The number of rotatable bonds is 3. The zero-order valence-corrected chi connectivity index (χ0v) is 10.1. The molecule has 0 radical (unpaired) electrons. The minimum atomic E-state index is -0.992. The minimum Gasteiger partial charge on any atom is -0.476 e. The van der Waals surface area contributed by atoms with Crippen molar-refractivity contribution in [1.82, 2.24) is 9.97 Å². The number of aromatic nitrogens is 2. The highest BCUT2D eigenvalue weighted by Gasteiger charge is 2.10. The van der Waals surface area contributed by atoms with Gasteiger partial charge in [-0.1, -0.05) is 0 Å². The summed E-state index contributed by atoms with van der Waals surface area (Å²) in [6.45, 7) is 1.92. The van der Waals surface area contributed by atoms with Crippen LogP contribution in [0.25, 0.3) is 0 Å².